The largest absolute Gasteiger partial charge is 0.376 e. The van der Waals surface area contributed by atoms with E-state index in [-0.39, 0.29) is 12.3 Å². The van der Waals surface area contributed by atoms with Crippen molar-refractivity contribution >= 4 is 5.69 Å². The Balaban J connectivity index is 2.03. The standard InChI is InChI=1S/C13H18N4O2/c1-10(13(18-2)19-3)16-11-4-5-12(15-8-11)17-7-6-14-9-17/h4-10,13,16H,1-3H3. The van der Waals surface area contributed by atoms with E-state index in [1.807, 2.05) is 29.8 Å². The first-order valence-electron chi connectivity index (χ1n) is 6.01. The van der Waals surface area contributed by atoms with E-state index in [4.69, 9.17) is 9.47 Å². The summed E-state index contributed by atoms with van der Waals surface area (Å²) >= 11 is 0. The lowest BCUT2D eigenvalue weighted by Crippen LogP contribution is -2.33. The van der Waals surface area contributed by atoms with Crippen LogP contribution in [0.2, 0.25) is 0 Å². The minimum Gasteiger partial charge on any atom is -0.376 e. The molecular weight excluding hydrogens is 244 g/mol. The summed E-state index contributed by atoms with van der Waals surface area (Å²) in [6.07, 6.45) is 6.76. The summed E-state index contributed by atoms with van der Waals surface area (Å²) in [6.45, 7) is 1.99. The van der Waals surface area contributed by atoms with Crippen LogP contribution < -0.4 is 5.32 Å². The number of pyridine rings is 1. The first-order chi connectivity index (χ1) is 9.24. The number of hydrogen-bond acceptors (Lipinski definition) is 5. The first kappa shape index (κ1) is 13.5. The zero-order chi connectivity index (χ0) is 13.7. The van der Waals surface area contributed by atoms with Crippen molar-refractivity contribution in [3.8, 4) is 5.82 Å². The van der Waals surface area contributed by atoms with Crippen molar-refractivity contribution in [1.82, 2.24) is 14.5 Å². The van der Waals surface area contributed by atoms with E-state index >= 15 is 0 Å². The minimum atomic E-state index is -0.298. The van der Waals surface area contributed by atoms with Gasteiger partial charge in [0, 0.05) is 26.6 Å². The van der Waals surface area contributed by atoms with Gasteiger partial charge in [-0.05, 0) is 19.1 Å². The van der Waals surface area contributed by atoms with Crippen LogP contribution in [0.3, 0.4) is 0 Å². The van der Waals surface area contributed by atoms with E-state index in [9.17, 15) is 0 Å². The Hall–Kier alpha value is -1.92. The molecule has 0 spiro atoms. The molecule has 1 unspecified atom stereocenters. The van der Waals surface area contributed by atoms with Crippen LogP contribution in [-0.4, -0.2) is 41.1 Å². The molecule has 1 N–H and O–H groups in total. The van der Waals surface area contributed by atoms with E-state index in [0.717, 1.165) is 11.5 Å². The third-order valence-corrected chi connectivity index (χ3v) is 2.78. The van der Waals surface area contributed by atoms with Crippen molar-refractivity contribution in [2.75, 3.05) is 19.5 Å². The molecule has 0 fully saturated rings. The van der Waals surface area contributed by atoms with Crippen LogP contribution in [0.15, 0.2) is 37.1 Å². The first-order valence-corrected chi connectivity index (χ1v) is 6.01. The van der Waals surface area contributed by atoms with Crippen molar-refractivity contribution in [2.24, 2.45) is 0 Å². The number of rotatable bonds is 6. The van der Waals surface area contributed by atoms with Crippen LogP contribution >= 0.6 is 0 Å². The molecule has 2 aromatic heterocycles. The molecule has 0 amide bonds. The van der Waals surface area contributed by atoms with E-state index in [1.54, 1.807) is 32.9 Å². The summed E-state index contributed by atoms with van der Waals surface area (Å²) in [6, 6.07) is 3.91. The van der Waals surface area contributed by atoms with Gasteiger partial charge in [0.15, 0.2) is 6.29 Å². The van der Waals surface area contributed by atoms with E-state index in [1.165, 1.54) is 0 Å². The van der Waals surface area contributed by atoms with Crippen LogP contribution in [0.4, 0.5) is 5.69 Å². The summed E-state index contributed by atoms with van der Waals surface area (Å²) in [5.74, 6) is 0.825. The Kier molecular flexibility index (Phi) is 4.48. The smallest absolute Gasteiger partial charge is 0.176 e. The molecule has 0 aliphatic carbocycles. The Bertz CT molecular complexity index is 480. The van der Waals surface area contributed by atoms with Crippen LogP contribution in [-0.2, 0) is 9.47 Å². The molecule has 0 radical (unpaired) electrons. The second-order valence-corrected chi connectivity index (χ2v) is 4.15. The van der Waals surface area contributed by atoms with Crippen molar-refractivity contribution in [1.29, 1.82) is 0 Å². The van der Waals surface area contributed by atoms with Gasteiger partial charge in [0.2, 0.25) is 0 Å². The molecule has 2 rings (SSSR count). The summed E-state index contributed by atoms with van der Waals surface area (Å²) in [5, 5.41) is 3.28. The van der Waals surface area contributed by atoms with Gasteiger partial charge in [0.1, 0.15) is 12.1 Å². The molecule has 6 nitrogen and oxygen atoms in total. The Morgan fingerprint density at radius 2 is 2.05 bits per heavy atom. The van der Waals surface area contributed by atoms with E-state index in [0.29, 0.717) is 0 Å². The number of imidazole rings is 1. The highest BCUT2D eigenvalue weighted by Gasteiger charge is 2.15. The second-order valence-electron chi connectivity index (χ2n) is 4.15. The van der Waals surface area contributed by atoms with Crippen molar-refractivity contribution in [3.05, 3.63) is 37.1 Å². The van der Waals surface area contributed by atoms with Gasteiger partial charge in [-0.1, -0.05) is 0 Å². The predicted octanol–water partition coefficient (Wildman–Crippen LogP) is 1.69. The number of hydrogen-bond donors (Lipinski definition) is 1. The fourth-order valence-electron chi connectivity index (χ4n) is 1.85. The van der Waals surface area contributed by atoms with Crippen molar-refractivity contribution in [2.45, 2.75) is 19.3 Å². The number of nitrogens with one attached hydrogen (secondary N) is 1. The summed E-state index contributed by atoms with van der Waals surface area (Å²) < 4.78 is 12.2. The predicted molar refractivity (Wildman–Crippen MR) is 72.2 cm³/mol. The zero-order valence-corrected chi connectivity index (χ0v) is 11.3. The molecule has 0 bridgehead atoms. The van der Waals surface area contributed by atoms with Crippen LogP contribution in [0.1, 0.15) is 6.92 Å². The Labute approximate surface area is 112 Å². The maximum atomic E-state index is 5.20. The van der Waals surface area contributed by atoms with Crippen LogP contribution in [0.5, 0.6) is 0 Å². The number of ether oxygens (including phenoxy) is 2. The average molecular weight is 262 g/mol. The lowest BCUT2D eigenvalue weighted by molar-refractivity contribution is -0.109. The van der Waals surface area contributed by atoms with E-state index in [2.05, 4.69) is 15.3 Å². The van der Waals surface area contributed by atoms with Crippen molar-refractivity contribution in [3.63, 3.8) is 0 Å². The summed E-state index contributed by atoms with van der Waals surface area (Å²) in [5.41, 5.74) is 0.912. The number of nitrogens with zero attached hydrogens (tertiary/aromatic N) is 3. The Morgan fingerprint density at radius 1 is 1.26 bits per heavy atom. The SMILES string of the molecule is COC(OC)C(C)Nc1ccc(-n2ccnc2)nc1. The monoisotopic (exact) mass is 262 g/mol. The quantitative estimate of drug-likeness (QED) is 0.803. The van der Waals surface area contributed by atoms with Crippen LogP contribution in [0, 0.1) is 0 Å². The zero-order valence-electron chi connectivity index (χ0n) is 11.3. The molecule has 0 aliphatic heterocycles. The fraction of sp³-hybridized carbons (Fsp3) is 0.385. The fourth-order valence-corrected chi connectivity index (χ4v) is 1.85. The normalized spacial score (nSPS) is 12.6. The number of aromatic nitrogens is 3. The minimum absolute atomic E-state index is 0.0240. The molecule has 0 saturated carbocycles. The molecule has 102 valence electrons. The van der Waals surface area contributed by atoms with Gasteiger partial charge in [0.05, 0.1) is 17.9 Å². The van der Waals surface area contributed by atoms with E-state index < -0.39 is 0 Å². The molecule has 2 aromatic rings. The number of methoxy groups -OCH3 is 2. The highest BCUT2D eigenvalue weighted by molar-refractivity contribution is 5.44. The highest BCUT2D eigenvalue weighted by Crippen LogP contribution is 2.12. The lowest BCUT2D eigenvalue weighted by atomic mass is 10.3. The third-order valence-electron chi connectivity index (χ3n) is 2.78. The van der Waals surface area contributed by atoms with Gasteiger partial charge >= 0.3 is 0 Å². The molecular formula is C13H18N4O2. The maximum absolute atomic E-state index is 5.20. The summed E-state index contributed by atoms with van der Waals surface area (Å²) in [4.78, 5) is 8.35. The molecule has 0 aromatic carbocycles. The lowest BCUT2D eigenvalue weighted by Gasteiger charge is -2.22. The third kappa shape index (κ3) is 3.30. The maximum Gasteiger partial charge on any atom is 0.176 e. The van der Waals surface area contributed by atoms with Crippen molar-refractivity contribution < 1.29 is 9.47 Å². The molecule has 2 heterocycles. The van der Waals surface area contributed by atoms with Gasteiger partial charge < -0.3 is 14.8 Å². The van der Waals surface area contributed by atoms with Gasteiger partial charge in [-0.15, -0.1) is 0 Å². The number of anilines is 1. The molecule has 0 aliphatic rings. The second kappa shape index (κ2) is 6.31. The molecule has 1 atom stereocenters. The van der Waals surface area contributed by atoms with Gasteiger partial charge in [0.25, 0.3) is 0 Å². The Morgan fingerprint density at radius 3 is 2.58 bits per heavy atom. The molecule has 6 heteroatoms. The van der Waals surface area contributed by atoms with Gasteiger partial charge in [-0.3, -0.25) is 4.57 Å². The van der Waals surface area contributed by atoms with Gasteiger partial charge in [-0.25, -0.2) is 9.97 Å². The van der Waals surface area contributed by atoms with Gasteiger partial charge in [-0.2, -0.15) is 0 Å². The average Bonchev–Trinajstić information content (AvgIpc) is 2.95. The molecule has 0 saturated heterocycles. The summed E-state index contributed by atoms with van der Waals surface area (Å²) in [7, 11) is 3.24. The molecule has 19 heavy (non-hydrogen) atoms. The van der Waals surface area contributed by atoms with Crippen LogP contribution in [0.25, 0.3) is 5.82 Å². The highest BCUT2D eigenvalue weighted by atomic mass is 16.7. The topological polar surface area (TPSA) is 61.2 Å².